The molecular formula is InOSn2Zn. The fraction of sp³-hybridized carbons (Fsp3) is 0. The summed E-state index contributed by atoms with van der Waals surface area (Å²) in [5.74, 6) is 0. The quantitative estimate of drug-likeness (QED) is 0.436. The summed E-state index contributed by atoms with van der Waals surface area (Å²) in [6.07, 6.45) is 0. The average molecular weight is 434 g/mol. The van der Waals surface area contributed by atoms with Crippen molar-refractivity contribution in [3.63, 3.8) is 0 Å². The van der Waals surface area contributed by atoms with Gasteiger partial charge in [-0.1, -0.05) is 0 Å². The summed E-state index contributed by atoms with van der Waals surface area (Å²) in [5.41, 5.74) is 0. The van der Waals surface area contributed by atoms with Crippen molar-refractivity contribution in [3.8, 4) is 0 Å². The van der Waals surface area contributed by atoms with E-state index in [4.69, 9.17) is 3.08 Å². The Morgan fingerprint density at radius 2 is 1.20 bits per heavy atom. The first-order chi connectivity index (χ1) is 1.00. The molecule has 0 aliphatic heterocycles. The van der Waals surface area contributed by atoms with Gasteiger partial charge in [0.2, 0.25) is 0 Å². The van der Waals surface area contributed by atoms with Crippen LogP contribution in [0.4, 0.5) is 0 Å². The minimum absolute atomic E-state index is 0. The minimum atomic E-state index is 0. The number of hydrogen-bond acceptors (Lipinski definition) is 1. The zero-order valence-corrected chi connectivity index (χ0v) is 14.7. The van der Waals surface area contributed by atoms with E-state index in [0.717, 1.165) is 0 Å². The molecule has 0 aliphatic rings. The normalized spacial score (nSPS) is 0.800. The number of rotatable bonds is 0. The Kier molecular flexibility index (Phi) is 142. The molecule has 0 atom stereocenters. The molecule has 0 heterocycles. The van der Waals surface area contributed by atoms with Gasteiger partial charge in [-0.2, -0.15) is 0 Å². The maximum Gasteiger partial charge on any atom is 0 e. The van der Waals surface area contributed by atoms with Gasteiger partial charge in [0.25, 0.3) is 0 Å². The molecule has 0 spiro atoms. The van der Waals surface area contributed by atoms with Gasteiger partial charge in [0.1, 0.15) is 0 Å². The Morgan fingerprint density at radius 1 is 1.20 bits per heavy atom. The van der Waals surface area contributed by atoms with Gasteiger partial charge >= 0.3 is 25.6 Å². The molecule has 0 fully saturated rings. The summed E-state index contributed by atoms with van der Waals surface area (Å²) in [6, 6.07) is 0. The first-order valence-electron chi connectivity index (χ1n) is 0.204. The van der Waals surface area contributed by atoms with E-state index in [1.54, 1.807) is 0 Å². The second-order valence-corrected chi connectivity index (χ2v) is 0. The third kappa shape index (κ3) is 19.7. The number of hydrogen-bond donors (Lipinski definition) is 0. The first-order valence-corrected chi connectivity index (χ1v) is 1.37. The van der Waals surface area contributed by atoms with Crippen LogP contribution in [0.25, 0.3) is 0 Å². The fourth-order valence-electron chi connectivity index (χ4n) is 0. The van der Waals surface area contributed by atoms with Crippen LogP contribution >= 0.6 is 0 Å². The van der Waals surface area contributed by atoms with Crippen LogP contribution in [-0.4, -0.2) is 72.3 Å². The summed E-state index contributed by atoms with van der Waals surface area (Å²) < 4.78 is 8.34. The molecule has 0 rings (SSSR count). The molecule has 9 radical (unpaired) electrons. The summed E-state index contributed by atoms with van der Waals surface area (Å²) in [4.78, 5) is 0. The van der Waals surface area contributed by atoms with Crippen molar-refractivity contribution in [2.45, 2.75) is 0 Å². The first kappa shape index (κ1) is 24.8. The molecule has 5 heteroatoms. The second-order valence-electron chi connectivity index (χ2n) is 0. The largest absolute Gasteiger partial charge is 0 e. The van der Waals surface area contributed by atoms with E-state index in [-0.39, 0.29) is 69.2 Å². The predicted molar refractivity (Wildman–Crippen MR) is 17.9 cm³/mol. The third-order valence-corrected chi connectivity index (χ3v) is 0. The van der Waals surface area contributed by atoms with Crippen LogP contribution in [-0.2, 0) is 22.6 Å². The maximum absolute atomic E-state index is 8.34. The summed E-state index contributed by atoms with van der Waals surface area (Å²) >= 11 is 0.300. The topological polar surface area (TPSA) is 17.1 Å². The zero-order chi connectivity index (χ0) is 2.00. The van der Waals surface area contributed by atoms with E-state index < -0.39 is 0 Å². The van der Waals surface area contributed by atoms with E-state index in [1.807, 2.05) is 0 Å². The van der Waals surface area contributed by atoms with Gasteiger partial charge in [0.15, 0.2) is 0 Å². The molecule has 0 amide bonds. The molecule has 0 aliphatic carbocycles. The van der Waals surface area contributed by atoms with Crippen LogP contribution in [0.15, 0.2) is 0 Å². The van der Waals surface area contributed by atoms with E-state index in [1.165, 1.54) is 0 Å². The van der Waals surface area contributed by atoms with Gasteiger partial charge in [-0.05, 0) is 0 Å². The van der Waals surface area contributed by atoms with Crippen LogP contribution in [0.2, 0.25) is 0 Å². The van der Waals surface area contributed by atoms with Crippen molar-refractivity contribution < 1.29 is 22.6 Å². The smallest absolute Gasteiger partial charge is 0 e. The summed E-state index contributed by atoms with van der Waals surface area (Å²) in [6.45, 7) is 0. The molecule has 0 aromatic heterocycles. The van der Waals surface area contributed by atoms with Crippen molar-refractivity contribution in [3.05, 3.63) is 0 Å². The molecule has 0 aromatic rings. The van der Waals surface area contributed by atoms with Crippen molar-refractivity contribution in [1.82, 2.24) is 0 Å². The van der Waals surface area contributed by atoms with Crippen molar-refractivity contribution in [2.24, 2.45) is 0 Å². The molecule has 19 valence electrons. The van der Waals surface area contributed by atoms with Gasteiger partial charge in [-0.3, -0.25) is 0 Å². The molecule has 0 saturated heterocycles. The second kappa shape index (κ2) is 28.6. The van der Waals surface area contributed by atoms with Crippen LogP contribution in [0.5, 0.6) is 0 Å². The predicted octanol–water partition coefficient (Wildman–Crippen LogP) is -1.26. The Morgan fingerprint density at radius 3 is 1.20 bits per heavy atom. The average Bonchev–Trinajstić information content (AvgIpc) is 1.00. The minimum Gasteiger partial charge on any atom is 0 e. The van der Waals surface area contributed by atoms with Gasteiger partial charge in [-0.25, -0.2) is 0 Å². The van der Waals surface area contributed by atoms with Crippen LogP contribution in [0.1, 0.15) is 0 Å². The van der Waals surface area contributed by atoms with Crippen molar-refractivity contribution in [1.29, 1.82) is 0 Å². The molecule has 0 unspecified atom stereocenters. The van der Waals surface area contributed by atoms with E-state index in [0.29, 0.717) is 22.5 Å². The van der Waals surface area contributed by atoms with Crippen LogP contribution in [0.3, 0.4) is 0 Å². The molecular weight excluding hydrogens is 434 g/mol. The molecule has 0 aromatic carbocycles. The van der Waals surface area contributed by atoms with Crippen LogP contribution < -0.4 is 0 Å². The Balaban J connectivity index is -0.00000000167. The monoisotopic (exact) mass is 435 g/mol. The van der Waals surface area contributed by atoms with E-state index in [2.05, 4.69) is 0 Å². The summed E-state index contributed by atoms with van der Waals surface area (Å²) in [7, 11) is 0. The molecule has 0 saturated carbocycles. The van der Waals surface area contributed by atoms with E-state index in [9.17, 15) is 0 Å². The van der Waals surface area contributed by atoms with Gasteiger partial charge in [-0.15, -0.1) is 0 Å². The Labute approximate surface area is 93.0 Å². The standard InChI is InChI=1S/In.O.2Sn.Zn. The van der Waals surface area contributed by atoms with Gasteiger partial charge in [0, 0.05) is 69.2 Å². The van der Waals surface area contributed by atoms with Crippen LogP contribution in [0, 0.1) is 0 Å². The molecule has 0 N–H and O–H groups in total. The molecule has 5 heavy (non-hydrogen) atoms. The zero-order valence-electron chi connectivity index (χ0n) is 2.69. The molecule has 1 nitrogen and oxygen atoms in total. The summed E-state index contributed by atoms with van der Waals surface area (Å²) in [5, 5.41) is 0. The van der Waals surface area contributed by atoms with Crippen molar-refractivity contribution >= 4 is 72.3 Å². The Bertz CT molecular complexity index is 9.61. The SMILES string of the molecule is [In].[O]=[Sn].[Sn].[Zn]. The third-order valence-electron chi connectivity index (χ3n) is 0. The van der Waals surface area contributed by atoms with Gasteiger partial charge < -0.3 is 0 Å². The van der Waals surface area contributed by atoms with Gasteiger partial charge in [0.05, 0.1) is 0 Å². The van der Waals surface area contributed by atoms with E-state index >= 15 is 0 Å². The molecule has 0 bridgehead atoms. The van der Waals surface area contributed by atoms with Crippen molar-refractivity contribution in [2.75, 3.05) is 0 Å². The Hall–Kier alpha value is 2.89. The maximum atomic E-state index is 8.34. The fourth-order valence-corrected chi connectivity index (χ4v) is 0.